The lowest BCUT2D eigenvalue weighted by molar-refractivity contribution is -0.140. The fraction of sp³-hybridized carbons (Fsp3) is 0.355. The summed E-state index contributed by atoms with van der Waals surface area (Å²) in [5.41, 5.74) is 0.0458. The first-order chi connectivity index (χ1) is 20.3. The standard InChI is InChI=1S/C31H33ClF3N3O4S/c1-43(41,42)38(27-13-7-10-24(19-27)31(33,34)35)21-29(39)37(20-23-14-16-25(32)17-15-23)28(18-22-8-3-2-4-9-22)30(40)36-26-11-5-6-12-26/h2-4,7-10,13-17,19,26,28H,5-6,11-12,18,20-21H2,1H3,(H,36,40). The van der Waals surface area contributed by atoms with Crippen molar-refractivity contribution in [2.75, 3.05) is 17.1 Å². The van der Waals surface area contributed by atoms with Crippen LogP contribution < -0.4 is 9.62 Å². The van der Waals surface area contributed by atoms with E-state index in [1.54, 1.807) is 24.3 Å². The van der Waals surface area contributed by atoms with E-state index in [9.17, 15) is 31.2 Å². The van der Waals surface area contributed by atoms with Gasteiger partial charge in [0.25, 0.3) is 0 Å². The molecule has 0 aromatic heterocycles. The van der Waals surface area contributed by atoms with Crippen molar-refractivity contribution >= 4 is 39.1 Å². The Balaban J connectivity index is 1.73. The van der Waals surface area contributed by atoms with E-state index in [1.807, 2.05) is 30.3 Å². The molecule has 1 atom stereocenters. The van der Waals surface area contributed by atoms with Crippen LogP contribution in [0.25, 0.3) is 0 Å². The van der Waals surface area contributed by atoms with Gasteiger partial charge < -0.3 is 10.2 Å². The summed E-state index contributed by atoms with van der Waals surface area (Å²) < 4.78 is 66.7. The predicted octanol–water partition coefficient (Wildman–Crippen LogP) is 5.82. The molecule has 1 unspecified atom stereocenters. The average molecular weight is 636 g/mol. The zero-order valence-electron chi connectivity index (χ0n) is 23.6. The van der Waals surface area contributed by atoms with Gasteiger partial charge in [-0.1, -0.05) is 73.0 Å². The van der Waals surface area contributed by atoms with Crippen LogP contribution in [0.3, 0.4) is 0 Å². The van der Waals surface area contributed by atoms with Crippen LogP contribution in [0, 0.1) is 0 Å². The highest BCUT2D eigenvalue weighted by Crippen LogP contribution is 2.32. The molecular weight excluding hydrogens is 603 g/mol. The van der Waals surface area contributed by atoms with Crippen molar-refractivity contribution in [1.82, 2.24) is 10.2 Å². The first kappa shape index (κ1) is 32.3. The number of nitrogens with one attached hydrogen (secondary N) is 1. The van der Waals surface area contributed by atoms with E-state index in [0.29, 0.717) is 21.0 Å². The van der Waals surface area contributed by atoms with Gasteiger partial charge in [-0.25, -0.2) is 8.42 Å². The molecule has 0 saturated heterocycles. The highest BCUT2D eigenvalue weighted by Gasteiger charge is 2.35. The van der Waals surface area contributed by atoms with Gasteiger partial charge in [0.1, 0.15) is 12.6 Å². The van der Waals surface area contributed by atoms with Crippen LogP contribution in [-0.2, 0) is 38.8 Å². The number of hydrogen-bond donors (Lipinski definition) is 1. The van der Waals surface area contributed by atoms with Crippen LogP contribution in [0.15, 0.2) is 78.9 Å². The van der Waals surface area contributed by atoms with E-state index in [1.165, 1.54) is 11.0 Å². The Kier molecular flexibility index (Phi) is 10.4. The molecule has 0 radical (unpaired) electrons. The molecule has 7 nitrogen and oxygen atoms in total. The van der Waals surface area contributed by atoms with Crippen molar-refractivity contribution in [1.29, 1.82) is 0 Å². The molecule has 0 spiro atoms. The monoisotopic (exact) mass is 635 g/mol. The minimum atomic E-state index is -4.72. The second kappa shape index (κ2) is 13.8. The summed E-state index contributed by atoms with van der Waals surface area (Å²) in [7, 11) is -4.21. The third-order valence-corrected chi connectivity index (χ3v) is 8.77. The molecule has 230 valence electrons. The molecule has 1 aliphatic rings. The third kappa shape index (κ3) is 8.96. The number of halogens is 4. The minimum absolute atomic E-state index is 0.0455. The van der Waals surface area contributed by atoms with E-state index in [-0.39, 0.29) is 30.6 Å². The van der Waals surface area contributed by atoms with E-state index >= 15 is 0 Å². The van der Waals surface area contributed by atoms with Gasteiger partial charge in [0.15, 0.2) is 0 Å². The first-order valence-corrected chi connectivity index (χ1v) is 16.1. The largest absolute Gasteiger partial charge is 0.416 e. The average Bonchev–Trinajstić information content (AvgIpc) is 3.47. The zero-order valence-corrected chi connectivity index (χ0v) is 25.1. The summed E-state index contributed by atoms with van der Waals surface area (Å²) in [5.74, 6) is -1.14. The zero-order chi connectivity index (χ0) is 31.2. The van der Waals surface area contributed by atoms with Gasteiger partial charge in [-0.15, -0.1) is 0 Å². The quantitative estimate of drug-likeness (QED) is 0.288. The molecule has 3 aromatic rings. The molecule has 0 heterocycles. The maximum atomic E-state index is 14.1. The SMILES string of the molecule is CS(=O)(=O)N(CC(=O)N(Cc1ccc(Cl)cc1)C(Cc1ccccc1)C(=O)NC1CCCC1)c1cccc(C(F)(F)F)c1. The van der Waals surface area contributed by atoms with Crippen molar-refractivity contribution in [2.24, 2.45) is 0 Å². The van der Waals surface area contributed by atoms with Crippen molar-refractivity contribution in [3.63, 3.8) is 0 Å². The predicted molar refractivity (Wildman–Crippen MR) is 160 cm³/mol. The molecule has 1 N–H and O–H groups in total. The van der Waals surface area contributed by atoms with E-state index in [2.05, 4.69) is 5.32 Å². The van der Waals surface area contributed by atoms with Crippen LogP contribution in [0.2, 0.25) is 5.02 Å². The number of carbonyl (C=O) groups excluding carboxylic acids is 2. The summed E-state index contributed by atoms with van der Waals surface area (Å²) in [6, 6.07) is 18.5. The fourth-order valence-corrected chi connectivity index (χ4v) is 6.13. The lowest BCUT2D eigenvalue weighted by atomic mass is 10.0. The number of nitrogens with zero attached hydrogens (tertiary/aromatic N) is 2. The molecule has 3 aromatic carbocycles. The Morgan fingerprint density at radius 3 is 2.21 bits per heavy atom. The molecule has 0 aliphatic heterocycles. The Hall–Kier alpha value is -3.57. The lowest BCUT2D eigenvalue weighted by Gasteiger charge is -2.34. The van der Waals surface area contributed by atoms with Crippen LogP contribution >= 0.6 is 11.6 Å². The highest BCUT2D eigenvalue weighted by atomic mass is 35.5. The van der Waals surface area contributed by atoms with Crippen molar-refractivity contribution in [3.05, 3.63) is 101 Å². The number of amides is 2. The van der Waals surface area contributed by atoms with Crippen LogP contribution in [0.1, 0.15) is 42.4 Å². The first-order valence-electron chi connectivity index (χ1n) is 13.8. The van der Waals surface area contributed by atoms with Crippen LogP contribution in [0.4, 0.5) is 18.9 Å². The van der Waals surface area contributed by atoms with E-state index in [4.69, 9.17) is 11.6 Å². The number of rotatable bonds is 11. The minimum Gasteiger partial charge on any atom is -0.352 e. The molecule has 2 amide bonds. The molecule has 1 aliphatic carbocycles. The van der Waals surface area contributed by atoms with E-state index < -0.39 is 40.3 Å². The van der Waals surface area contributed by atoms with E-state index in [0.717, 1.165) is 49.6 Å². The van der Waals surface area contributed by atoms with Crippen LogP contribution in [0.5, 0.6) is 0 Å². The van der Waals surface area contributed by atoms with Gasteiger partial charge in [-0.2, -0.15) is 13.2 Å². The van der Waals surface area contributed by atoms with Gasteiger partial charge in [0, 0.05) is 24.0 Å². The summed E-state index contributed by atoms with van der Waals surface area (Å²) >= 11 is 6.06. The number of benzene rings is 3. The van der Waals surface area contributed by atoms with Gasteiger partial charge >= 0.3 is 6.18 Å². The van der Waals surface area contributed by atoms with Crippen molar-refractivity contribution in [3.8, 4) is 0 Å². The Morgan fingerprint density at radius 1 is 0.953 bits per heavy atom. The molecule has 43 heavy (non-hydrogen) atoms. The van der Waals surface area contributed by atoms with Gasteiger partial charge in [-0.05, 0) is 54.3 Å². The summed E-state index contributed by atoms with van der Waals surface area (Å²) in [4.78, 5) is 29.2. The molecular formula is C31H33ClF3N3O4S. The third-order valence-electron chi connectivity index (χ3n) is 7.38. The number of carbonyl (C=O) groups is 2. The smallest absolute Gasteiger partial charge is 0.352 e. The van der Waals surface area contributed by atoms with Gasteiger partial charge in [-0.3, -0.25) is 13.9 Å². The maximum absolute atomic E-state index is 14.1. The fourth-order valence-electron chi connectivity index (χ4n) is 5.16. The topological polar surface area (TPSA) is 86.8 Å². The Bertz CT molecular complexity index is 1510. The highest BCUT2D eigenvalue weighted by molar-refractivity contribution is 7.92. The van der Waals surface area contributed by atoms with Crippen molar-refractivity contribution in [2.45, 2.75) is 56.9 Å². The number of hydrogen-bond acceptors (Lipinski definition) is 4. The lowest BCUT2D eigenvalue weighted by Crippen LogP contribution is -2.54. The van der Waals surface area contributed by atoms with Gasteiger partial charge in [0.05, 0.1) is 17.5 Å². The number of alkyl halides is 3. The Labute approximate surface area is 254 Å². The van der Waals surface area contributed by atoms with Crippen LogP contribution in [-0.4, -0.2) is 50.0 Å². The molecule has 12 heteroatoms. The molecule has 1 fully saturated rings. The summed E-state index contributed by atoms with van der Waals surface area (Å²) in [5, 5.41) is 3.52. The molecule has 0 bridgehead atoms. The summed E-state index contributed by atoms with van der Waals surface area (Å²) in [6.07, 6.45) is -0.189. The molecule has 4 rings (SSSR count). The second-order valence-corrected chi connectivity index (χ2v) is 13.0. The number of sulfonamides is 1. The summed E-state index contributed by atoms with van der Waals surface area (Å²) in [6.45, 7) is -0.873. The normalized spacial score (nSPS) is 14.7. The van der Waals surface area contributed by atoms with Gasteiger partial charge in [0.2, 0.25) is 21.8 Å². The molecule has 1 saturated carbocycles. The second-order valence-electron chi connectivity index (χ2n) is 10.7. The van der Waals surface area contributed by atoms with Crippen molar-refractivity contribution < 1.29 is 31.2 Å². The maximum Gasteiger partial charge on any atom is 0.416 e. The number of anilines is 1. The Morgan fingerprint density at radius 2 is 1.60 bits per heavy atom.